The fourth-order valence-electron chi connectivity index (χ4n) is 3.06. The van der Waals surface area contributed by atoms with Crippen molar-refractivity contribution in [2.24, 2.45) is 4.99 Å². The van der Waals surface area contributed by atoms with E-state index in [1.807, 2.05) is 17.8 Å². The summed E-state index contributed by atoms with van der Waals surface area (Å²) in [5, 5.41) is 7.58. The van der Waals surface area contributed by atoms with Crippen molar-refractivity contribution in [3.05, 3.63) is 54.0 Å². The van der Waals surface area contributed by atoms with E-state index in [-0.39, 0.29) is 29.8 Å². The summed E-state index contributed by atoms with van der Waals surface area (Å²) < 4.78 is 18.5. The molecule has 1 saturated carbocycles. The van der Waals surface area contributed by atoms with E-state index in [4.69, 9.17) is 4.74 Å². The summed E-state index contributed by atoms with van der Waals surface area (Å²) in [5.41, 5.74) is 1.03. The van der Waals surface area contributed by atoms with E-state index < -0.39 is 0 Å². The molecule has 0 radical (unpaired) electrons. The van der Waals surface area contributed by atoms with Crippen LogP contribution in [0.2, 0.25) is 0 Å². The molecule has 0 bridgehead atoms. The lowest BCUT2D eigenvalue weighted by Gasteiger charge is -2.17. The van der Waals surface area contributed by atoms with Crippen molar-refractivity contribution >= 4 is 41.7 Å². The Kier molecular flexibility index (Phi) is 9.30. The van der Waals surface area contributed by atoms with Gasteiger partial charge in [-0.15, -0.1) is 24.0 Å². The average molecular weight is 516 g/mol. The Labute approximate surface area is 187 Å². The summed E-state index contributed by atoms with van der Waals surface area (Å²) in [4.78, 5) is 8.62. The fraction of sp³-hybridized carbons (Fsp3) is 0.400. The zero-order chi connectivity index (χ0) is 19.1. The summed E-state index contributed by atoms with van der Waals surface area (Å²) in [5.74, 6) is 1.55. The number of aromatic nitrogens is 1. The second kappa shape index (κ2) is 11.5. The van der Waals surface area contributed by atoms with Crippen LogP contribution in [0.15, 0.2) is 47.6 Å². The molecule has 3 rings (SSSR count). The van der Waals surface area contributed by atoms with E-state index in [0.29, 0.717) is 24.2 Å². The molecular formula is C20H26FIN4OS. The van der Waals surface area contributed by atoms with Crippen molar-refractivity contribution in [2.45, 2.75) is 37.1 Å². The second-order valence-corrected chi connectivity index (χ2v) is 7.64. The number of nitrogens with one attached hydrogen (secondary N) is 2. The lowest BCUT2D eigenvalue weighted by molar-refractivity contribution is 0.461. The maximum Gasteiger partial charge on any atom is 0.219 e. The first-order valence-corrected chi connectivity index (χ1v) is 10.3. The maximum atomic E-state index is 12.9. The molecule has 2 aromatic rings. The normalized spacial score (nSPS) is 19.0. The van der Waals surface area contributed by atoms with Gasteiger partial charge in [0.2, 0.25) is 5.88 Å². The van der Waals surface area contributed by atoms with Gasteiger partial charge in [0.1, 0.15) is 11.6 Å². The number of thioether (sulfide) groups is 1. The molecule has 8 heteroatoms. The Morgan fingerprint density at radius 3 is 2.64 bits per heavy atom. The first-order chi connectivity index (χ1) is 13.2. The third kappa shape index (κ3) is 6.80. The van der Waals surface area contributed by atoms with Crippen LogP contribution in [-0.2, 0) is 6.54 Å². The minimum absolute atomic E-state index is 0. The summed E-state index contributed by atoms with van der Waals surface area (Å²) in [6, 6.07) is 10.1. The Morgan fingerprint density at radius 1 is 1.25 bits per heavy atom. The summed E-state index contributed by atoms with van der Waals surface area (Å²) in [6.45, 7) is 0.627. The second-order valence-electron chi connectivity index (χ2n) is 6.50. The van der Waals surface area contributed by atoms with E-state index in [1.165, 1.54) is 31.4 Å². The van der Waals surface area contributed by atoms with Gasteiger partial charge in [-0.25, -0.2) is 9.37 Å². The first kappa shape index (κ1) is 22.7. The van der Waals surface area contributed by atoms with Crippen molar-refractivity contribution in [3.8, 4) is 11.6 Å². The maximum absolute atomic E-state index is 12.9. The number of aliphatic imine (C=N–C) groups is 1. The van der Waals surface area contributed by atoms with Gasteiger partial charge in [0, 0.05) is 37.1 Å². The van der Waals surface area contributed by atoms with E-state index in [2.05, 4.69) is 26.9 Å². The standard InChI is InChI=1S/C20H25FN4OS.HI/c1-22-20(25-16-6-9-18(11-16)27-2)24-13-14-3-10-19(23-12-14)26-17-7-4-15(21)5-8-17;/h3-5,7-8,10,12,16,18H,6,9,11,13H2,1-2H3,(H2,22,24,25);1H. The number of ether oxygens (including phenoxy) is 1. The lowest BCUT2D eigenvalue weighted by atomic mass is 10.2. The number of guanidine groups is 1. The predicted octanol–water partition coefficient (Wildman–Crippen LogP) is 4.58. The van der Waals surface area contributed by atoms with Gasteiger partial charge in [-0.05, 0) is 55.3 Å². The van der Waals surface area contributed by atoms with Crippen LogP contribution in [0.4, 0.5) is 4.39 Å². The fourth-order valence-corrected chi connectivity index (χ4v) is 3.85. The third-order valence-corrected chi connectivity index (χ3v) is 5.67. The van der Waals surface area contributed by atoms with Crippen molar-refractivity contribution in [1.29, 1.82) is 0 Å². The molecule has 152 valence electrons. The molecule has 1 aliphatic rings. The molecule has 0 spiro atoms. The molecule has 0 saturated heterocycles. The number of hydrogen-bond donors (Lipinski definition) is 2. The van der Waals surface area contributed by atoms with Crippen LogP contribution in [0.3, 0.4) is 0 Å². The smallest absolute Gasteiger partial charge is 0.219 e. The van der Waals surface area contributed by atoms with Crippen molar-refractivity contribution in [2.75, 3.05) is 13.3 Å². The number of halogens is 2. The van der Waals surface area contributed by atoms with Crippen LogP contribution in [0.25, 0.3) is 0 Å². The van der Waals surface area contributed by atoms with Crippen LogP contribution < -0.4 is 15.4 Å². The van der Waals surface area contributed by atoms with Crippen LogP contribution in [-0.4, -0.2) is 35.5 Å². The molecule has 1 aromatic carbocycles. The number of pyridine rings is 1. The Bertz CT molecular complexity index is 758. The van der Waals surface area contributed by atoms with Crippen LogP contribution in [0.5, 0.6) is 11.6 Å². The molecule has 1 heterocycles. The van der Waals surface area contributed by atoms with E-state index in [1.54, 1.807) is 31.4 Å². The van der Waals surface area contributed by atoms with Gasteiger partial charge in [-0.3, -0.25) is 4.99 Å². The predicted molar refractivity (Wildman–Crippen MR) is 124 cm³/mol. The van der Waals surface area contributed by atoms with Gasteiger partial charge in [-0.2, -0.15) is 11.8 Å². The topological polar surface area (TPSA) is 58.5 Å². The molecule has 2 N–H and O–H groups in total. The van der Waals surface area contributed by atoms with Crippen molar-refractivity contribution in [3.63, 3.8) is 0 Å². The summed E-state index contributed by atoms with van der Waals surface area (Å²) >= 11 is 1.94. The Morgan fingerprint density at radius 2 is 2.04 bits per heavy atom. The van der Waals surface area contributed by atoms with Crippen molar-refractivity contribution in [1.82, 2.24) is 15.6 Å². The number of nitrogens with zero attached hydrogens (tertiary/aromatic N) is 2. The molecule has 28 heavy (non-hydrogen) atoms. The quantitative estimate of drug-likeness (QED) is 0.335. The van der Waals surface area contributed by atoms with Crippen LogP contribution >= 0.6 is 35.7 Å². The van der Waals surface area contributed by atoms with E-state index in [9.17, 15) is 4.39 Å². The van der Waals surface area contributed by atoms with Gasteiger partial charge in [0.25, 0.3) is 0 Å². The molecule has 2 atom stereocenters. The van der Waals surface area contributed by atoms with Gasteiger partial charge >= 0.3 is 0 Å². The highest BCUT2D eigenvalue weighted by atomic mass is 127. The van der Waals surface area contributed by atoms with Crippen molar-refractivity contribution < 1.29 is 9.13 Å². The lowest BCUT2D eigenvalue weighted by Crippen LogP contribution is -2.42. The van der Waals surface area contributed by atoms with Crippen LogP contribution in [0.1, 0.15) is 24.8 Å². The van der Waals surface area contributed by atoms with Gasteiger partial charge in [0.05, 0.1) is 0 Å². The monoisotopic (exact) mass is 516 g/mol. The zero-order valence-corrected chi connectivity index (χ0v) is 19.2. The van der Waals surface area contributed by atoms with E-state index in [0.717, 1.165) is 16.8 Å². The molecule has 0 amide bonds. The minimum Gasteiger partial charge on any atom is -0.439 e. The highest BCUT2D eigenvalue weighted by Gasteiger charge is 2.24. The molecular weight excluding hydrogens is 490 g/mol. The summed E-state index contributed by atoms with van der Waals surface area (Å²) in [6.07, 6.45) is 7.56. The van der Waals surface area contributed by atoms with Gasteiger partial charge in [0.15, 0.2) is 5.96 Å². The number of rotatable bonds is 6. The highest BCUT2D eigenvalue weighted by molar-refractivity contribution is 14.0. The average Bonchev–Trinajstić information content (AvgIpc) is 3.15. The Hall–Kier alpha value is -1.55. The number of benzene rings is 1. The number of hydrogen-bond acceptors (Lipinski definition) is 4. The molecule has 1 aromatic heterocycles. The largest absolute Gasteiger partial charge is 0.439 e. The van der Waals surface area contributed by atoms with Gasteiger partial charge < -0.3 is 15.4 Å². The molecule has 0 aliphatic heterocycles. The molecule has 1 fully saturated rings. The van der Waals surface area contributed by atoms with Gasteiger partial charge in [-0.1, -0.05) is 6.07 Å². The summed E-state index contributed by atoms with van der Waals surface area (Å²) in [7, 11) is 1.79. The van der Waals surface area contributed by atoms with Crippen LogP contribution in [0, 0.1) is 5.82 Å². The molecule has 5 nitrogen and oxygen atoms in total. The molecule has 2 unspecified atom stereocenters. The SMILES string of the molecule is CN=C(NCc1ccc(Oc2ccc(F)cc2)nc1)NC1CCC(SC)C1.I. The minimum atomic E-state index is -0.291. The first-order valence-electron chi connectivity index (χ1n) is 9.04. The molecule has 1 aliphatic carbocycles. The zero-order valence-electron chi connectivity index (χ0n) is 16.0. The highest BCUT2D eigenvalue weighted by Crippen LogP contribution is 2.28. The third-order valence-electron chi connectivity index (χ3n) is 4.58. The Balaban J connectivity index is 0.00000280. The van der Waals surface area contributed by atoms with E-state index >= 15 is 0 Å².